The summed E-state index contributed by atoms with van der Waals surface area (Å²) < 4.78 is 21.8. The number of morpholine rings is 1. The Morgan fingerprint density at radius 1 is 1.24 bits per heavy atom. The van der Waals surface area contributed by atoms with Crippen LogP contribution in [-0.4, -0.2) is 60.0 Å². The maximum atomic E-state index is 12.5. The minimum absolute atomic E-state index is 0.00166. The molecule has 0 spiro atoms. The first-order chi connectivity index (χ1) is 13.7. The second-order valence-electron chi connectivity index (χ2n) is 7.91. The lowest BCUT2D eigenvalue weighted by molar-refractivity contribution is -0.0639. The fourth-order valence-electron chi connectivity index (χ4n) is 2.85. The van der Waals surface area contributed by atoms with Crippen molar-refractivity contribution in [2.75, 3.05) is 26.3 Å². The number of aromatic nitrogens is 1. The van der Waals surface area contributed by atoms with Crippen molar-refractivity contribution in [3.8, 4) is 11.3 Å². The molecular formula is C21H26N2O6. The molecule has 8 heteroatoms. The third kappa shape index (κ3) is 5.57. The molecule has 8 nitrogen and oxygen atoms in total. The van der Waals surface area contributed by atoms with Gasteiger partial charge in [-0.25, -0.2) is 14.6 Å². The second-order valence-corrected chi connectivity index (χ2v) is 7.91. The van der Waals surface area contributed by atoms with Crippen LogP contribution >= 0.6 is 0 Å². The van der Waals surface area contributed by atoms with Crippen molar-refractivity contribution >= 4 is 12.1 Å². The van der Waals surface area contributed by atoms with Crippen molar-refractivity contribution in [2.24, 2.45) is 0 Å². The molecule has 1 aromatic carbocycles. The molecule has 2 aromatic rings. The summed E-state index contributed by atoms with van der Waals surface area (Å²) in [4.78, 5) is 30.3. The van der Waals surface area contributed by atoms with Crippen molar-refractivity contribution in [3.63, 3.8) is 0 Å². The van der Waals surface area contributed by atoms with Gasteiger partial charge in [-0.05, 0) is 27.7 Å². The Kier molecular flexibility index (Phi) is 6.22. The van der Waals surface area contributed by atoms with E-state index in [2.05, 4.69) is 4.98 Å². The number of esters is 1. The average Bonchev–Trinajstić information content (AvgIpc) is 3.15. The number of oxazole rings is 1. The summed E-state index contributed by atoms with van der Waals surface area (Å²) in [5.41, 5.74) is 1.37. The maximum absolute atomic E-state index is 12.5. The quantitative estimate of drug-likeness (QED) is 0.724. The number of carbonyl (C=O) groups excluding carboxylic acids is 2. The number of rotatable bonds is 4. The summed E-state index contributed by atoms with van der Waals surface area (Å²) >= 11 is 0. The highest BCUT2D eigenvalue weighted by atomic mass is 16.6. The molecule has 1 fully saturated rings. The first-order valence-electron chi connectivity index (χ1n) is 9.50. The molecule has 3 rings (SSSR count). The number of hydrogen-bond acceptors (Lipinski definition) is 7. The van der Waals surface area contributed by atoms with Gasteiger partial charge in [0, 0.05) is 12.1 Å². The maximum Gasteiger partial charge on any atom is 0.410 e. The summed E-state index contributed by atoms with van der Waals surface area (Å²) in [5.74, 6) is -0.248. The molecule has 1 amide bonds. The van der Waals surface area contributed by atoms with Crippen LogP contribution in [0.25, 0.3) is 11.3 Å². The van der Waals surface area contributed by atoms with Gasteiger partial charge in [-0.2, -0.15) is 0 Å². The first kappa shape index (κ1) is 20.9. The molecule has 156 valence electrons. The predicted octanol–water partition coefficient (Wildman–Crippen LogP) is 3.44. The lowest BCUT2D eigenvalue weighted by Crippen LogP contribution is -2.49. The third-order valence-corrected chi connectivity index (χ3v) is 4.27. The van der Waals surface area contributed by atoms with Crippen molar-refractivity contribution in [1.29, 1.82) is 0 Å². The second kappa shape index (κ2) is 8.65. The predicted molar refractivity (Wildman–Crippen MR) is 105 cm³/mol. The van der Waals surface area contributed by atoms with Crippen LogP contribution in [0.4, 0.5) is 4.79 Å². The van der Waals surface area contributed by atoms with Crippen molar-refractivity contribution in [3.05, 3.63) is 41.9 Å². The van der Waals surface area contributed by atoms with E-state index in [4.69, 9.17) is 18.6 Å². The molecule has 1 aliphatic rings. The van der Waals surface area contributed by atoms with Gasteiger partial charge in [0.15, 0.2) is 17.8 Å². The zero-order chi connectivity index (χ0) is 21.0. The van der Waals surface area contributed by atoms with Gasteiger partial charge in [-0.1, -0.05) is 29.8 Å². The summed E-state index contributed by atoms with van der Waals surface area (Å²) in [6.07, 6.45) is 0.373. The van der Waals surface area contributed by atoms with Crippen LogP contribution in [0.15, 0.2) is 35.1 Å². The number of benzene rings is 1. The van der Waals surface area contributed by atoms with Crippen molar-refractivity contribution in [2.45, 2.75) is 39.4 Å². The van der Waals surface area contributed by atoms with Crippen LogP contribution in [0.5, 0.6) is 0 Å². The lowest BCUT2D eigenvalue weighted by atomic mass is 10.1. The zero-order valence-corrected chi connectivity index (χ0v) is 17.1. The Morgan fingerprint density at radius 2 is 1.97 bits per heavy atom. The van der Waals surface area contributed by atoms with Gasteiger partial charge in [0.2, 0.25) is 0 Å². The minimum atomic E-state index is -0.604. The summed E-state index contributed by atoms with van der Waals surface area (Å²) in [5, 5.41) is 0. The smallest absolute Gasteiger partial charge is 0.410 e. The first-order valence-corrected chi connectivity index (χ1v) is 9.50. The molecule has 1 atom stereocenters. The van der Waals surface area contributed by atoms with E-state index >= 15 is 0 Å². The molecule has 0 aliphatic carbocycles. The highest BCUT2D eigenvalue weighted by Crippen LogP contribution is 2.24. The molecule has 0 saturated carbocycles. The lowest BCUT2D eigenvalue weighted by Gasteiger charge is -2.33. The Balaban J connectivity index is 1.58. The van der Waals surface area contributed by atoms with E-state index < -0.39 is 23.8 Å². The minimum Gasteiger partial charge on any atom is -0.458 e. The zero-order valence-electron chi connectivity index (χ0n) is 17.1. The molecule has 0 bridgehead atoms. The third-order valence-electron chi connectivity index (χ3n) is 4.27. The molecule has 1 unspecified atom stereocenters. The molecule has 0 N–H and O–H groups in total. The van der Waals surface area contributed by atoms with E-state index in [1.165, 1.54) is 6.39 Å². The van der Waals surface area contributed by atoms with E-state index in [-0.39, 0.29) is 18.8 Å². The Morgan fingerprint density at radius 3 is 2.66 bits per heavy atom. The number of ether oxygens (including phenoxy) is 3. The van der Waals surface area contributed by atoms with Gasteiger partial charge in [0.1, 0.15) is 18.3 Å². The van der Waals surface area contributed by atoms with E-state index in [0.717, 1.165) is 11.1 Å². The van der Waals surface area contributed by atoms with E-state index in [9.17, 15) is 9.59 Å². The van der Waals surface area contributed by atoms with Gasteiger partial charge in [-0.3, -0.25) is 0 Å². The molecule has 29 heavy (non-hydrogen) atoms. The van der Waals surface area contributed by atoms with Gasteiger partial charge in [0.25, 0.3) is 0 Å². The van der Waals surface area contributed by atoms with Crippen LogP contribution in [0, 0.1) is 6.92 Å². The van der Waals surface area contributed by atoms with Crippen LogP contribution in [0.3, 0.4) is 0 Å². The summed E-state index contributed by atoms with van der Waals surface area (Å²) in [6.45, 7) is 8.48. The highest BCUT2D eigenvalue weighted by molar-refractivity contribution is 5.93. The Hall–Kier alpha value is -2.87. The van der Waals surface area contributed by atoms with E-state index in [0.29, 0.717) is 18.9 Å². The number of aryl methyl sites for hydroxylation is 1. The van der Waals surface area contributed by atoms with Crippen LogP contribution < -0.4 is 0 Å². The molecular weight excluding hydrogens is 376 g/mol. The molecule has 2 heterocycles. The number of amides is 1. The largest absolute Gasteiger partial charge is 0.458 e. The molecule has 0 radical (unpaired) electrons. The van der Waals surface area contributed by atoms with Crippen LogP contribution in [0.1, 0.15) is 36.8 Å². The SMILES string of the molecule is Cc1ccc(-c2ocnc2C(=O)OCC2CN(C(=O)OC(C)(C)C)CCO2)cc1. The highest BCUT2D eigenvalue weighted by Gasteiger charge is 2.29. The van der Waals surface area contributed by atoms with E-state index in [1.807, 2.05) is 52.0 Å². The number of nitrogens with zero attached hydrogens (tertiary/aromatic N) is 2. The van der Waals surface area contributed by atoms with Crippen LogP contribution in [-0.2, 0) is 14.2 Å². The fraction of sp³-hybridized carbons (Fsp3) is 0.476. The number of carbonyl (C=O) groups is 2. The van der Waals surface area contributed by atoms with E-state index in [1.54, 1.807) is 4.90 Å². The normalized spacial score (nSPS) is 17.1. The average molecular weight is 402 g/mol. The molecule has 1 aromatic heterocycles. The van der Waals surface area contributed by atoms with Crippen molar-refractivity contribution < 1.29 is 28.2 Å². The summed E-state index contributed by atoms with van der Waals surface area (Å²) in [7, 11) is 0. The van der Waals surface area contributed by atoms with Gasteiger partial charge < -0.3 is 23.5 Å². The monoisotopic (exact) mass is 402 g/mol. The Labute approximate surface area is 169 Å². The molecule has 1 saturated heterocycles. The standard InChI is InChI=1S/C21H26N2O6/c1-14-5-7-15(8-6-14)18-17(22-13-28-18)19(24)27-12-16-11-23(9-10-26-16)20(25)29-21(2,3)4/h5-8,13,16H,9-12H2,1-4H3. The van der Waals surface area contributed by atoms with Crippen molar-refractivity contribution in [1.82, 2.24) is 9.88 Å². The topological polar surface area (TPSA) is 91.1 Å². The number of hydrogen-bond donors (Lipinski definition) is 0. The Bertz CT molecular complexity index is 853. The van der Waals surface area contributed by atoms with Gasteiger partial charge in [-0.15, -0.1) is 0 Å². The van der Waals surface area contributed by atoms with Gasteiger partial charge in [0.05, 0.1) is 13.2 Å². The fourth-order valence-corrected chi connectivity index (χ4v) is 2.85. The summed E-state index contributed by atoms with van der Waals surface area (Å²) in [6, 6.07) is 7.56. The van der Waals surface area contributed by atoms with Gasteiger partial charge >= 0.3 is 12.1 Å². The molecule has 1 aliphatic heterocycles. The van der Waals surface area contributed by atoms with Crippen LogP contribution in [0.2, 0.25) is 0 Å².